The molecule has 1 atom stereocenters. The minimum atomic E-state index is -3.70. The van der Waals surface area contributed by atoms with Crippen molar-refractivity contribution in [1.82, 2.24) is 9.62 Å². The van der Waals surface area contributed by atoms with Gasteiger partial charge < -0.3 is 5.32 Å². The molecule has 0 aromatic heterocycles. The molecule has 1 aliphatic rings. The lowest BCUT2D eigenvalue weighted by molar-refractivity contribution is -0.126. The topological polar surface area (TPSA) is 66.5 Å². The van der Waals surface area contributed by atoms with Crippen molar-refractivity contribution in [2.24, 2.45) is 5.92 Å². The Morgan fingerprint density at radius 3 is 2.06 bits per heavy atom. The summed E-state index contributed by atoms with van der Waals surface area (Å²) in [7, 11) is -3.70. The summed E-state index contributed by atoms with van der Waals surface area (Å²) >= 11 is 0. The van der Waals surface area contributed by atoms with Crippen molar-refractivity contribution in [3.8, 4) is 0 Å². The van der Waals surface area contributed by atoms with E-state index in [-0.39, 0.29) is 23.4 Å². The molecule has 1 aliphatic heterocycles. The molecular weight excluding hydrogens is 456 g/mol. The average Bonchev–Trinajstić information content (AvgIpc) is 2.92. The maximum absolute atomic E-state index is 13.5. The lowest BCUT2D eigenvalue weighted by atomic mass is 9.95. The van der Waals surface area contributed by atoms with Gasteiger partial charge in [0, 0.05) is 13.1 Å². The van der Waals surface area contributed by atoms with E-state index >= 15 is 0 Å². The van der Waals surface area contributed by atoms with Crippen molar-refractivity contribution < 1.29 is 13.2 Å². The summed E-state index contributed by atoms with van der Waals surface area (Å²) in [6, 6.07) is 32.3. The molecule has 0 saturated carbocycles. The summed E-state index contributed by atoms with van der Waals surface area (Å²) < 4.78 is 28.4. The average molecular weight is 485 g/mol. The van der Waals surface area contributed by atoms with E-state index in [9.17, 15) is 13.2 Å². The van der Waals surface area contributed by atoms with Crippen molar-refractivity contribution in [1.29, 1.82) is 0 Å². The van der Waals surface area contributed by atoms with E-state index in [1.807, 2.05) is 91.0 Å². The van der Waals surface area contributed by atoms with Gasteiger partial charge in [-0.25, -0.2) is 8.42 Å². The Labute approximate surface area is 206 Å². The van der Waals surface area contributed by atoms with Gasteiger partial charge in [-0.05, 0) is 46.9 Å². The highest BCUT2D eigenvalue weighted by Crippen LogP contribution is 2.28. The first-order valence-electron chi connectivity index (χ1n) is 11.9. The predicted octanol–water partition coefficient (Wildman–Crippen LogP) is 5.15. The van der Waals surface area contributed by atoms with Crippen LogP contribution in [-0.4, -0.2) is 31.7 Å². The lowest BCUT2D eigenvalue weighted by Crippen LogP contribution is -2.46. The van der Waals surface area contributed by atoms with Crippen LogP contribution in [0.5, 0.6) is 0 Å². The van der Waals surface area contributed by atoms with E-state index in [2.05, 4.69) is 5.32 Å². The van der Waals surface area contributed by atoms with Crippen LogP contribution in [0.4, 0.5) is 0 Å². The Balaban J connectivity index is 1.36. The normalized spacial score (nSPS) is 16.9. The largest absolute Gasteiger partial charge is 0.345 e. The molecule has 4 aromatic carbocycles. The van der Waals surface area contributed by atoms with Gasteiger partial charge in [-0.2, -0.15) is 4.31 Å². The van der Waals surface area contributed by atoms with E-state index in [4.69, 9.17) is 0 Å². The van der Waals surface area contributed by atoms with Crippen molar-refractivity contribution >= 4 is 26.7 Å². The van der Waals surface area contributed by atoms with Crippen LogP contribution in [0.3, 0.4) is 0 Å². The van der Waals surface area contributed by atoms with E-state index in [1.54, 1.807) is 12.1 Å². The molecule has 4 aromatic rings. The molecule has 1 amide bonds. The molecule has 1 fully saturated rings. The van der Waals surface area contributed by atoms with Crippen LogP contribution in [0.15, 0.2) is 108 Å². The van der Waals surface area contributed by atoms with E-state index < -0.39 is 15.9 Å². The summed E-state index contributed by atoms with van der Waals surface area (Å²) in [6.07, 6.45) is 1.30. The molecule has 1 heterocycles. The molecule has 0 radical (unpaired) electrons. The fraction of sp³-hybridized carbons (Fsp3) is 0.207. The first-order valence-corrected chi connectivity index (χ1v) is 13.4. The highest BCUT2D eigenvalue weighted by molar-refractivity contribution is 7.89. The molecule has 1 saturated heterocycles. The van der Waals surface area contributed by atoms with Gasteiger partial charge in [-0.3, -0.25) is 4.79 Å². The van der Waals surface area contributed by atoms with Crippen molar-refractivity contribution in [3.05, 3.63) is 114 Å². The lowest BCUT2D eigenvalue weighted by Gasteiger charge is -2.32. The number of benzene rings is 4. The number of hydrogen-bond donors (Lipinski definition) is 1. The van der Waals surface area contributed by atoms with Gasteiger partial charge in [-0.1, -0.05) is 91.0 Å². The number of carbonyl (C=O) groups is 1. The van der Waals surface area contributed by atoms with Crippen LogP contribution in [0, 0.1) is 5.92 Å². The Hall–Kier alpha value is -3.48. The molecule has 0 aliphatic carbocycles. The first kappa shape index (κ1) is 23.3. The third kappa shape index (κ3) is 4.99. The Bertz CT molecular complexity index is 1380. The maximum Gasteiger partial charge on any atom is 0.243 e. The quantitative estimate of drug-likeness (QED) is 0.412. The number of amides is 1. The van der Waals surface area contributed by atoms with Crippen LogP contribution in [-0.2, 0) is 14.8 Å². The number of sulfonamides is 1. The van der Waals surface area contributed by atoms with Crippen molar-refractivity contribution in [3.63, 3.8) is 0 Å². The number of carbonyl (C=O) groups excluding carboxylic acids is 1. The Morgan fingerprint density at radius 2 is 1.40 bits per heavy atom. The van der Waals surface area contributed by atoms with Crippen LogP contribution >= 0.6 is 0 Å². The standard InChI is InChI=1S/C29H28N2O3S/c32-29(30-28(23-11-3-1-4-12-23)24-13-5-2-6-14-24)26-16-9-19-31(21-26)35(33,34)27-18-17-22-10-7-8-15-25(22)20-27/h1-8,10-15,17-18,20,26,28H,9,16,19,21H2,(H,30,32)/t26-/m0/s1. The van der Waals surface area contributed by atoms with Crippen LogP contribution < -0.4 is 5.32 Å². The first-order chi connectivity index (χ1) is 17.0. The fourth-order valence-electron chi connectivity index (χ4n) is 4.76. The Kier molecular flexibility index (Phi) is 6.66. The summed E-state index contributed by atoms with van der Waals surface area (Å²) in [6.45, 7) is 0.594. The predicted molar refractivity (Wildman–Crippen MR) is 138 cm³/mol. The monoisotopic (exact) mass is 484 g/mol. The molecule has 0 spiro atoms. The highest BCUT2D eigenvalue weighted by Gasteiger charge is 2.34. The van der Waals surface area contributed by atoms with Crippen LogP contribution in [0.25, 0.3) is 10.8 Å². The zero-order valence-electron chi connectivity index (χ0n) is 19.4. The molecule has 6 heteroatoms. The zero-order chi connectivity index (χ0) is 24.3. The van der Waals surface area contributed by atoms with Gasteiger partial charge in [0.05, 0.1) is 16.9 Å². The maximum atomic E-state index is 13.5. The smallest absolute Gasteiger partial charge is 0.243 e. The summed E-state index contributed by atoms with van der Waals surface area (Å²) in [5, 5.41) is 5.07. The molecule has 0 unspecified atom stereocenters. The van der Waals surface area contributed by atoms with E-state index in [0.29, 0.717) is 19.4 Å². The number of hydrogen-bond acceptors (Lipinski definition) is 3. The minimum Gasteiger partial charge on any atom is -0.345 e. The molecule has 178 valence electrons. The minimum absolute atomic E-state index is 0.124. The molecule has 5 nitrogen and oxygen atoms in total. The van der Waals surface area contributed by atoms with E-state index in [1.165, 1.54) is 4.31 Å². The highest BCUT2D eigenvalue weighted by atomic mass is 32.2. The van der Waals surface area contributed by atoms with Crippen molar-refractivity contribution in [2.45, 2.75) is 23.8 Å². The third-order valence-corrected chi connectivity index (χ3v) is 8.53. The zero-order valence-corrected chi connectivity index (χ0v) is 20.2. The molecule has 35 heavy (non-hydrogen) atoms. The summed E-state index contributed by atoms with van der Waals surface area (Å²) in [5.41, 5.74) is 1.98. The van der Waals surface area contributed by atoms with Crippen LogP contribution in [0.1, 0.15) is 30.0 Å². The summed E-state index contributed by atoms with van der Waals surface area (Å²) in [5.74, 6) is -0.532. The summed E-state index contributed by atoms with van der Waals surface area (Å²) in [4.78, 5) is 13.7. The second-order valence-corrected chi connectivity index (χ2v) is 10.9. The Morgan fingerprint density at radius 1 is 0.800 bits per heavy atom. The van der Waals surface area contributed by atoms with Gasteiger partial charge in [0.2, 0.25) is 15.9 Å². The molecule has 1 N–H and O–H groups in total. The van der Waals surface area contributed by atoms with Gasteiger partial charge in [0.25, 0.3) is 0 Å². The number of rotatable bonds is 6. The third-order valence-electron chi connectivity index (χ3n) is 6.67. The van der Waals surface area contributed by atoms with Gasteiger partial charge in [-0.15, -0.1) is 0 Å². The van der Waals surface area contributed by atoms with Gasteiger partial charge >= 0.3 is 0 Å². The molecule has 5 rings (SSSR count). The van der Waals surface area contributed by atoms with E-state index in [0.717, 1.165) is 21.9 Å². The number of nitrogens with zero attached hydrogens (tertiary/aromatic N) is 1. The molecule has 0 bridgehead atoms. The second-order valence-electron chi connectivity index (χ2n) is 8.97. The van der Waals surface area contributed by atoms with Crippen LogP contribution in [0.2, 0.25) is 0 Å². The fourth-order valence-corrected chi connectivity index (χ4v) is 6.32. The van der Waals surface area contributed by atoms with Crippen molar-refractivity contribution in [2.75, 3.05) is 13.1 Å². The second kappa shape index (κ2) is 10.0. The molecular formula is C29H28N2O3S. The number of fused-ring (bicyclic) bond motifs is 1. The SMILES string of the molecule is O=C(NC(c1ccccc1)c1ccccc1)[C@H]1CCCN(S(=O)(=O)c2ccc3ccccc3c2)C1. The van der Waals surface area contributed by atoms with Gasteiger partial charge in [0.15, 0.2) is 0 Å². The van der Waals surface area contributed by atoms with Gasteiger partial charge in [0.1, 0.15) is 0 Å². The number of nitrogens with one attached hydrogen (secondary N) is 1. The number of piperidine rings is 1.